The van der Waals surface area contributed by atoms with Crippen LogP contribution in [0.3, 0.4) is 0 Å². The Hall–Kier alpha value is -7.86. The van der Waals surface area contributed by atoms with E-state index in [-0.39, 0.29) is 49.7 Å². The van der Waals surface area contributed by atoms with Crippen LogP contribution >= 0.6 is 0 Å². The minimum Gasteiger partial charge on any atom is -0.505 e. The van der Waals surface area contributed by atoms with Crippen LogP contribution in [0.4, 0.5) is 0 Å². The average molecular weight is 1040 g/mol. The predicted octanol–water partition coefficient (Wildman–Crippen LogP) is 15.8. The standard InChI is InChI=1S/C66H75N9O3/c1-61(2,3)43-31-46(64(10,11)12)58(76)55(34-43)73-67-49-22-19-37(28-52(49)70-73)40-25-41(38-20-23-50-53(29-38)71-74(68-50)56-35-44(62(4,5)6)32-47(59(56)77)65(13,14)15)27-42(26-40)39-21-24-51-54(30-39)72-75(69-51)57-36-45(63(7,8)9)33-48(60(57)78)66(16,17)18/h19-36,76-78H,1-18H3. The molecule has 0 saturated carbocycles. The van der Waals surface area contributed by atoms with Gasteiger partial charge in [0.2, 0.25) is 0 Å². The van der Waals surface area contributed by atoms with Gasteiger partial charge in [-0.25, -0.2) is 0 Å². The number of aromatic hydroxyl groups is 3. The molecule has 10 aromatic rings. The molecule has 0 aliphatic rings. The number of nitrogens with zero attached hydrogens (tertiary/aromatic N) is 9. The molecule has 402 valence electrons. The summed E-state index contributed by atoms with van der Waals surface area (Å²) < 4.78 is 0. The minimum absolute atomic E-state index is 0.164. The molecule has 3 aromatic heterocycles. The number of fused-ring (bicyclic) bond motifs is 3. The van der Waals surface area contributed by atoms with Crippen LogP contribution in [0.2, 0.25) is 0 Å². The maximum absolute atomic E-state index is 11.8. The molecule has 0 unspecified atom stereocenters. The SMILES string of the molecule is CC(C)(C)c1cc(-n2nc3ccc(-c4cc(-c5ccc6nn(-c7cc(C(C)(C)C)cc(C(C)(C)C)c7O)nc6c5)cc(-c5ccc6nn(-c7cc(C(C)(C)C)cc(C(C)(C)C)c7O)nc6c5)c4)cc3n2)c(O)c(C(C)(C)C)c1. The third-order valence-electron chi connectivity index (χ3n) is 15.0. The lowest BCUT2D eigenvalue weighted by molar-refractivity contribution is 0.437. The van der Waals surface area contributed by atoms with E-state index in [1.54, 1.807) is 14.4 Å². The maximum atomic E-state index is 11.8. The summed E-state index contributed by atoms with van der Waals surface area (Å²) in [6.07, 6.45) is 0. The average Bonchev–Trinajstić information content (AvgIpc) is 4.25. The summed E-state index contributed by atoms with van der Waals surface area (Å²) in [5, 5.41) is 65.2. The Kier molecular flexibility index (Phi) is 12.4. The van der Waals surface area contributed by atoms with Crippen molar-refractivity contribution in [2.24, 2.45) is 0 Å². The van der Waals surface area contributed by atoms with Crippen LogP contribution in [0.1, 0.15) is 158 Å². The number of phenolic OH excluding ortho intramolecular Hbond substituents is 3. The molecule has 3 N–H and O–H groups in total. The van der Waals surface area contributed by atoms with Gasteiger partial charge in [0.25, 0.3) is 0 Å². The molecule has 78 heavy (non-hydrogen) atoms. The minimum atomic E-state index is -0.320. The van der Waals surface area contributed by atoms with Crippen molar-refractivity contribution in [1.29, 1.82) is 0 Å². The van der Waals surface area contributed by atoms with E-state index in [1.165, 1.54) is 0 Å². The van der Waals surface area contributed by atoms with Crippen molar-refractivity contribution in [2.75, 3.05) is 0 Å². The summed E-state index contributed by atoms with van der Waals surface area (Å²) in [6.45, 7) is 38.4. The Morgan fingerprint density at radius 1 is 0.256 bits per heavy atom. The summed E-state index contributed by atoms with van der Waals surface area (Å²) in [6, 6.07) is 37.1. The van der Waals surface area contributed by atoms with E-state index < -0.39 is 0 Å². The smallest absolute Gasteiger partial charge is 0.146 e. The van der Waals surface area contributed by atoms with Crippen LogP contribution in [-0.4, -0.2) is 60.3 Å². The van der Waals surface area contributed by atoms with Gasteiger partial charge in [0.05, 0.1) is 0 Å². The summed E-state index contributed by atoms with van der Waals surface area (Å²) in [5.41, 5.74) is 15.6. The van der Waals surface area contributed by atoms with Gasteiger partial charge in [-0.3, -0.25) is 0 Å². The van der Waals surface area contributed by atoms with E-state index in [2.05, 4.69) is 197 Å². The first-order chi connectivity index (χ1) is 36.1. The molecule has 0 atom stereocenters. The van der Waals surface area contributed by atoms with Crippen LogP contribution in [-0.2, 0) is 32.5 Å². The van der Waals surface area contributed by atoms with Crippen molar-refractivity contribution in [3.05, 3.63) is 143 Å². The number of rotatable bonds is 6. The lowest BCUT2D eigenvalue weighted by Gasteiger charge is -2.27. The first-order valence-electron chi connectivity index (χ1n) is 27.0. The summed E-state index contributed by atoms with van der Waals surface area (Å²) >= 11 is 0. The second-order valence-electron chi connectivity index (χ2n) is 27.6. The molecule has 7 aromatic carbocycles. The molecular formula is C66H75N9O3. The van der Waals surface area contributed by atoms with Crippen LogP contribution < -0.4 is 0 Å². The van der Waals surface area contributed by atoms with Gasteiger partial charge in [-0.15, -0.1) is 45.0 Å². The highest BCUT2D eigenvalue weighted by Gasteiger charge is 2.30. The fraction of sp³-hybridized carbons (Fsp3) is 0.364. The highest BCUT2D eigenvalue weighted by Crippen LogP contribution is 2.44. The maximum Gasteiger partial charge on any atom is 0.146 e. The Bertz CT molecular complexity index is 3590. The van der Waals surface area contributed by atoms with Crippen molar-refractivity contribution >= 4 is 33.1 Å². The normalized spacial score (nSPS) is 13.2. The second kappa shape index (κ2) is 18.1. The summed E-state index contributed by atoms with van der Waals surface area (Å²) in [4.78, 5) is 4.69. The molecule has 0 amide bonds. The van der Waals surface area contributed by atoms with Crippen LogP contribution in [0.15, 0.2) is 109 Å². The molecule has 3 heterocycles. The summed E-state index contributed by atoms with van der Waals surface area (Å²) in [7, 11) is 0. The number of aromatic nitrogens is 9. The van der Waals surface area contributed by atoms with Crippen LogP contribution in [0, 0.1) is 0 Å². The largest absolute Gasteiger partial charge is 0.505 e. The number of phenols is 3. The fourth-order valence-corrected chi connectivity index (χ4v) is 10.1. The second-order valence-corrected chi connectivity index (χ2v) is 27.6. The van der Waals surface area contributed by atoms with E-state index in [1.807, 2.05) is 36.4 Å². The molecule has 0 saturated heterocycles. The van der Waals surface area contributed by atoms with E-state index in [0.29, 0.717) is 50.2 Å². The van der Waals surface area contributed by atoms with Gasteiger partial charge in [0, 0.05) is 16.7 Å². The first kappa shape index (κ1) is 53.5. The Morgan fingerprint density at radius 2 is 0.487 bits per heavy atom. The zero-order chi connectivity index (χ0) is 56.6. The lowest BCUT2D eigenvalue weighted by atomic mass is 9.80. The van der Waals surface area contributed by atoms with Gasteiger partial charge in [-0.2, -0.15) is 0 Å². The Labute approximate surface area is 458 Å². The number of hydrogen-bond donors (Lipinski definition) is 3. The Balaban J connectivity index is 1.12. The monoisotopic (exact) mass is 1040 g/mol. The van der Waals surface area contributed by atoms with E-state index in [0.717, 1.165) is 66.8 Å². The van der Waals surface area contributed by atoms with E-state index in [4.69, 9.17) is 30.6 Å². The topological polar surface area (TPSA) is 153 Å². The van der Waals surface area contributed by atoms with Crippen molar-refractivity contribution in [2.45, 2.75) is 157 Å². The Morgan fingerprint density at radius 3 is 0.705 bits per heavy atom. The summed E-state index contributed by atoms with van der Waals surface area (Å²) in [5.74, 6) is 0.492. The van der Waals surface area contributed by atoms with Crippen molar-refractivity contribution < 1.29 is 15.3 Å². The zero-order valence-electron chi connectivity index (χ0n) is 48.8. The zero-order valence-corrected chi connectivity index (χ0v) is 48.8. The highest BCUT2D eigenvalue weighted by molar-refractivity contribution is 5.90. The highest BCUT2D eigenvalue weighted by atomic mass is 16.3. The van der Waals surface area contributed by atoms with Crippen molar-refractivity contribution in [3.63, 3.8) is 0 Å². The van der Waals surface area contributed by atoms with E-state index in [9.17, 15) is 15.3 Å². The van der Waals surface area contributed by atoms with Gasteiger partial charge in [-0.05, 0) is 155 Å². The first-order valence-corrected chi connectivity index (χ1v) is 27.0. The molecular weight excluding hydrogens is 967 g/mol. The van der Waals surface area contributed by atoms with Gasteiger partial charge in [-0.1, -0.05) is 161 Å². The molecule has 0 radical (unpaired) electrons. The number of benzene rings is 7. The van der Waals surface area contributed by atoms with Gasteiger partial charge >= 0.3 is 0 Å². The molecule has 0 aliphatic heterocycles. The molecule has 0 aliphatic carbocycles. The molecule has 12 heteroatoms. The molecule has 0 spiro atoms. The molecule has 0 fully saturated rings. The van der Waals surface area contributed by atoms with Gasteiger partial charge < -0.3 is 15.3 Å². The van der Waals surface area contributed by atoms with Gasteiger partial charge in [0.1, 0.15) is 67.4 Å². The van der Waals surface area contributed by atoms with Crippen LogP contribution in [0.5, 0.6) is 17.2 Å². The number of hydrogen-bond acceptors (Lipinski definition) is 9. The molecule has 10 rings (SSSR count). The van der Waals surface area contributed by atoms with E-state index >= 15 is 0 Å². The van der Waals surface area contributed by atoms with Crippen molar-refractivity contribution in [1.82, 2.24) is 45.0 Å². The third-order valence-corrected chi connectivity index (χ3v) is 15.0. The van der Waals surface area contributed by atoms with Crippen molar-refractivity contribution in [3.8, 4) is 67.7 Å². The molecule has 0 bridgehead atoms. The quantitative estimate of drug-likeness (QED) is 0.148. The predicted molar refractivity (Wildman–Crippen MR) is 317 cm³/mol. The third kappa shape index (κ3) is 10.0. The van der Waals surface area contributed by atoms with Gasteiger partial charge in [0.15, 0.2) is 0 Å². The molecule has 12 nitrogen and oxygen atoms in total. The lowest BCUT2D eigenvalue weighted by Crippen LogP contribution is -2.18. The fourth-order valence-electron chi connectivity index (χ4n) is 10.1. The van der Waals surface area contributed by atoms with Crippen LogP contribution in [0.25, 0.3) is 83.5 Å².